The van der Waals surface area contributed by atoms with Crippen LogP contribution in [-0.4, -0.2) is 29.9 Å². The molecule has 0 unspecified atom stereocenters. The van der Waals surface area contributed by atoms with Crippen molar-refractivity contribution in [3.63, 3.8) is 0 Å². The third-order valence-electron chi connectivity index (χ3n) is 2.99. The minimum atomic E-state index is -0.548. The van der Waals surface area contributed by atoms with Crippen molar-refractivity contribution < 1.29 is 19.1 Å². The van der Waals surface area contributed by atoms with Gasteiger partial charge in [0.25, 0.3) is 5.52 Å². The first-order chi connectivity index (χ1) is 11.3. The molecule has 9 nitrogen and oxygen atoms in total. The van der Waals surface area contributed by atoms with Crippen LogP contribution in [0, 0.1) is 10.4 Å². The van der Waals surface area contributed by atoms with Crippen LogP contribution in [0.2, 0.25) is 0 Å². The molecule has 2 rings (SSSR count). The van der Waals surface area contributed by atoms with E-state index in [4.69, 9.17) is 4.74 Å². The van der Waals surface area contributed by atoms with Gasteiger partial charge in [-0.05, 0) is 33.3 Å². The fourth-order valence-corrected chi connectivity index (χ4v) is 1.99. The van der Waals surface area contributed by atoms with Crippen molar-refractivity contribution in [2.45, 2.75) is 32.8 Å². The standard InChI is InChI=1S/C15H21N5O4/c1-15(2,3)24-14(21)17-10-6-9-16-13-18-20(23)12-8-5-4-7-11(12)19(13)22/h4-5,7-8H,6,9-10H2,1-3H3,(H,16,18)(H,17,21). The minimum absolute atomic E-state index is 0.0824. The molecular weight excluding hydrogens is 314 g/mol. The first kappa shape index (κ1) is 17.5. The predicted molar refractivity (Wildman–Crippen MR) is 87.0 cm³/mol. The van der Waals surface area contributed by atoms with Crippen molar-refractivity contribution in [3.8, 4) is 0 Å². The van der Waals surface area contributed by atoms with Gasteiger partial charge in [0, 0.05) is 17.5 Å². The number of ether oxygens (including phenoxy) is 1. The molecule has 24 heavy (non-hydrogen) atoms. The number of para-hydroxylation sites is 2. The van der Waals surface area contributed by atoms with Crippen LogP contribution in [0.5, 0.6) is 0 Å². The van der Waals surface area contributed by atoms with E-state index < -0.39 is 11.7 Å². The van der Waals surface area contributed by atoms with Crippen LogP contribution in [-0.2, 0) is 4.74 Å². The molecule has 0 atom stereocenters. The largest absolute Gasteiger partial charge is 0.739 e. The molecule has 1 heterocycles. The normalized spacial score (nSPS) is 11.3. The van der Waals surface area contributed by atoms with Gasteiger partial charge in [-0.15, -0.1) is 0 Å². The van der Waals surface area contributed by atoms with E-state index in [1.807, 2.05) is 0 Å². The maximum absolute atomic E-state index is 12.2. The number of anilines is 1. The highest BCUT2D eigenvalue weighted by molar-refractivity contribution is 5.68. The Labute approximate surface area is 139 Å². The van der Waals surface area contributed by atoms with Crippen LogP contribution in [0.15, 0.2) is 24.3 Å². The fraction of sp³-hybridized carbons (Fsp3) is 0.467. The number of hydrogen-bond donors (Lipinski definition) is 2. The third kappa shape index (κ3) is 4.58. The second kappa shape index (κ2) is 7.16. The predicted octanol–water partition coefficient (Wildman–Crippen LogP) is 0.828. The van der Waals surface area contributed by atoms with Crippen LogP contribution < -0.4 is 20.2 Å². The molecule has 0 aliphatic rings. The molecule has 2 N–H and O–H groups in total. The first-order valence-electron chi connectivity index (χ1n) is 7.61. The number of aromatic nitrogens is 3. The van der Waals surface area contributed by atoms with Crippen molar-refractivity contribution in [2.75, 3.05) is 18.4 Å². The van der Waals surface area contributed by atoms with Gasteiger partial charge in [-0.1, -0.05) is 12.1 Å². The molecule has 0 fully saturated rings. The molecule has 2 aromatic rings. The molecule has 0 saturated heterocycles. The maximum Gasteiger partial charge on any atom is 0.460 e. The smallest absolute Gasteiger partial charge is 0.460 e. The van der Waals surface area contributed by atoms with Crippen molar-refractivity contribution >= 4 is 23.1 Å². The summed E-state index contributed by atoms with van der Waals surface area (Å²) in [5, 5.41) is 33.0. The average Bonchev–Trinajstić information content (AvgIpc) is 2.50. The second-order valence-corrected chi connectivity index (χ2v) is 6.19. The lowest BCUT2D eigenvalue weighted by Crippen LogP contribution is -2.44. The van der Waals surface area contributed by atoms with Crippen molar-refractivity contribution in [3.05, 3.63) is 34.7 Å². The molecule has 130 valence electrons. The zero-order valence-electron chi connectivity index (χ0n) is 13.9. The number of carbonyl (C=O) groups excluding carboxylic acids is 1. The topological polar surface area (TPSA) is 117 Å². The second-order valence-electron chi connectivity index (χ2n) is 6.19. The van der Waals surface area contributed by atoms with Crippen LogP contribution >= 0.6 is 0 Å². The highest BCUT2D eigenvalue weighted by atomic mass is 16.6. The van der Waals surface area contributed by atoms with Gasteiger partial charge in [0.05, 0.1) is 6.54 Å². The monoisotopic (exact) mass is 335 g/mol. The fourth-order valence-electron chi connectivity index (χ4n) is 1.99. The Bertz CT molecular complexity index is 730. The van der Waals surface area contributed by atoms with Crippen LogP contribution in [0.4, 0.5) is 10.7 Å². The Morgan fingerprint density at radius 1 is 1.21 bits per heavy atom. The summed E-state index contributed by atoms with van der Waals surface area (Å²) in [6, 6.07) is 6.41. The number of nitrogens with zero attached hydrogens (tertiary/aromatic N) is 3. The van der Waals surface area contributed by atoms with E-state index in [0.29, 0.717) is 29.1 Å². The van der Waals surface area contributed by atoms with Crippen molar-refractivity contribution in [1.29, 1.82) is 0 Å². The Kier molecular flexibility index (Phi) is 5.22. The highest BCUT2D eigenvalue weighted by Gasteiger charge is 2.19. The number of hydrogen-bond acceptors (Lipinski definition) is 6. The van der Waals surface area contributed by atoms with Gasteiger partial charge in [-0.2, -0.15) is 0 Å². The van der Waals surface area contributed by atoms with Gasteiger partial charge in [0.15, 0.2) is 5.52 Å². The average molecular weight is 335 g/mol. The summed E-state index contributed by atoms with van der Waals surface area (Å²) >= 11 is 0. The molecule has 1 amide bonds. The molecule has 0 bridgehead atoms. The zero-order chi connectivity index (χ0) is 17.7. The number of benzene rings is 1. The van der Waals surface area contributed by atoms with Gasteiger partial charge in [0.2, 0.25) is 5.10 Å². The molecule has 0 radical (unpaired) electrons. The van der Waals surface area contributed by atoms with Crippen LogP contribution in [0.1, 0.15) is 27.2 Å². The van der Waals surface area contributed by atoms with E-state index in [2.05, 4.69) is 15.7 Å². The first-order valence-corrected chi connectivity index (χ1v) is 7.61. The molecule has 0 aliphatic carbocycles. The summed E-state index contributed by atoms with van der Waals surface area (Å²) in [5.41, 5.74) is -0.116. The summed E-state index contributed by atoms with van der Waals surface area (Å²) in [5.74, 6) is -0.0824. The van der Waals surface area contributed by atoms with E-state index >= 15 is 0 Å². The lowest BCUT2D eigenvalue weighted by Gasteiger charge is -2.19. The van der Waals surface area contributed by atoms with Crippen molar-refractivity contribution in [1.82, 2.24) is 10.4 Å². The number of alkyl carbamates (subject to hydrolysis) is 1. The number of amides is 1. The number of carbonyl (C=O) groups is 1. The Balaban J connectivity index is 1.86. The van der Waals surface area contributed by atoms with Crippen LogP contribution in [0.25, 0.3) is 11.0 Å². The van der Waals surface area contributed by atoms with Crippen molar-refractivity contribution in [2.24, 2.45) is 0 Å². The van der Waals surface area contributed by atoms with Gasteiger partial charge >= 0.3 is 12.0 Å². The van der Waals surface area contributed by atoms with Gasteiger partial charge in [-0.3, -0.25) is 5.32 Å². The SMILES string of the molecule is CC(C)(C)OC(=O)NCCCNc1n[n+]([O-])c2ccccc2[n+]1[O-]. The molecule has 0 spiro atoms. The molecular formula is C15H21N5O4. The lowest BCUT2D eigenvalue weighted by molar-refractivity contribution is -0.672. The van der Waals surface area contributed by atoms with E-state index in [0.717, 1.165) is 0 Å². The quantitative estimate of drug-likeness (QED) is 0.475. The van der Waals surface area contributed by atoms with Gasteiger partial charge in [0.1, 0.15) is 5.60 Å². The summed E-state index contributed by atoms with van der Waals surface area (Å²) in [4.78, 5) is 11.9. The summed E-state index contributed by atoms with van der Waals surface area (Å²) in [7, 11) is 0. The minimum Gasteiger partial charge on any atom is -0.739 e. The highest BCUT2D eigenvalue weighted by Crippen LogP contribution is 2.07. The summed E-state index contributed by atoms with van der Waals surface area (Å²) in [6.45, 7) is 6.08. The van der Waals surface area contributed by atoms with E-state index in [9.17, 15) is 15.2 Å². The molecule has 1 aromatic heterocycles. The van der Waals surface area contributed by atoms with Crippen LogP contribution in [0.3, 0.4) is 0 Å². The summed E-state index contributed by atoms with van der Waals surface area (Å²) < 4.78 is 5.68. The molecule has 1 aromatic carbocycles. The molecule has 0 saturated carbocycles. The summed E-state index contributed by atoms with van der Waals surface area (Å²) in [6.07, 6.45) is 0.0368. The van der Waals surface area contributed by atoms with Gasteiger partial charge < -0.3 is 20.5 Å². The molecule has 0 aliphatic heterocycles. The lowest BCUT2D eigenvalue weighted by atomic mass is 10.2. The molecule has 9 heteroatoms. The third-order valence-corrected chi connectivity index (χ3v) is 2.99. The Hall–Kier alpha value is -2.84. The number of nitrogens with one attached hydrogen (secondary N) is 2. The zero-order valence-corrected chi connectivity index (χ0v) is 13.9. The Morgan fingerprint density at radius 2 is 1.88 bits per heavy atom. The van der Waals surface area contributed by atoms with E-state index in [-0.39, 0.29) is 17.0 Å². The van der Waals surface area contributed by atoms with E-state index in [1.54, 1.807) is 39.0 Å². The van der Waals surface area contributed by atoms with E-state index in [1.165, 1.54) is 6.07 Å². The number of rotatable bonds is 5. The maximum atomic E-state index is 12.2. The number of fused-ring (bicyclic) bond motifs is 1. The Morgan fingerprint density at radius 3 is 2.54 bits per heavy atom. The van der Waals surface area contributed by atoms with Gasteiger partial charge in [-0.25, -0.2) is 9.52 Å².